The first-order valence-corrected chi connectivity index (χ1v) is 8.58. The standard InChI is InChI=1S/C18H14BrClN4O/c19-13-3-1-4-16(11-13)24-10-2-5-17(24)12-21-23-18(25)22-15-8-6-14(20)7-9-15/h1-12H,(H2,22,23,25)/b21-12+. The molecule has 1 heterocycles. The van der Waals surface area contributed by atoms with E-state index in [2.05, 4.69) is 31.8 Å². The number of anilines is 1. The number of nitrogens with zero attached hydrogens (tertiary/aromatic N) is 2. The van der Waals surface area contributed by atoms with Crippen LogP contribution in [0.25, 0.3) is 5.69 Å². The van der Waals surface area contributed by atoms with Gasteiger partial charge in [-0.1, -0.05) is 33.6 Å². The van der Waals surface area contributed by atoms with Crippen LogP contribution in [0.3, 0.4) is 0 Å². The maximum absolute atomic E-state index is 11.8. The quantitative estimate of drug-likeness (QED) is 0.453. The molecule has 1 aromatic heterocycles. The molecule has 0 atom stereocenters. The molecule has 0 unspecified atom stereocenters. The van der Waals surface area contributed by atoms with Crippen molar-refractivity contribution in [2.45, 2.75) is 0 Å². The number of amides is 2. The number of hydrogen-bond donors (Lipinski definition) is 2. The van der Waals surface area contributed by atoms with E-state index in [4.69, 9.17) is 11.6 Å². The number of rotatable bonds is 4. The summed E-state index contributed by atoms with van der Waals surface area (Å²) in [6.45, 7) is 0. The molecule has 0 bridgehead atoms. The van der Waals surface area contributed by atoms with Gasteiger partial charge >= 0.3 is 6.03 Å². The van der Waals surface area contributed by atoms with E-state index in [1.165, 1.54) is 0 Å². The minimum atomic E-state index is -0.431. The van der Waals surface area contributed by atoms with E-state index in [1.807, 2.05) is 47.2 Å². The summed E-state index contributed by atoms with van der Waals surface area (Å²) in [6.07, 6.45) is 3.51. The SMILES string of the molecule is O=C(N/N=C/c1cccn1-c1cccc(Br)c1)Nc1ccc(Cl)cc1. The number of benzene rings is 2. The van der Waals surface area contributed by atoms with E-state index in [1.54, 1.807) is 30.5 Å². The van der Waals surface area contributed by atoms with E-state index in [-0.39, 0.29) is 0 Å². The number of carbonyl (C=O) groups is 1. The fourth-order valence-corrected chi connectivity index (χ4v) is 2.72. The third-order valence-electron chi connectivity index (χ3n) is 3.33. The van der Waals surface area contributed by atoms with E-state index >= 15 is 0 Å². The van der Waals surface area contributed by atoms with Gasteiger partial charge in [0.15, 0.2) is 0 Å². The summed E-state index contributed by atoms with van der Waals surface area (Å²) in [4.78, 5) is 11.8. The molecule has 0 aliphatic carbocycles. The Hall–Kier alpha value is -2.57. The molecule has 0 aliphatic heterocycles. The minimum absolute atomic E-state index is 0.431. The normalized spacial score (nSPS) is 10.8. The molecule has 25 heavy (non-hydrogen) atoms. The molecule has 0 fully saturated rings. The van der Waals surface area contributed by atoms with Crippen LogP contribution in [0, 0.1) is 0 Å². The van der Waals surface area contributed by atoms with Gasteiger partial charge in [-0.15, -0.1) is 0 Å². The Morgan fingerprint density at radius 3 is 2.68 bits per heavy atom. The van der Waals surface area contributed by atoms with Crippen molar-refractivity contribution in [3.05, 3.63) is 82.0 Å². The molecule has 0 saturated heterocycles. The number of urea groups is 1. The summed E-state index contributed by atoms with van der Waals surface area (Å²) >= 11 is 9.27. The van der Waals surface area contributed by atoms with Crippen LogP contribution in [-0.4, -0.2) is 16.8 Å². The average Bonchev–Trinajstić information content (AvgIpc) is 3.05. The van der Waals surface area contributed by atoms with Crippen molar-refractivity contribution in [1.82, 2.24) is 9.99 Å². The topological polar surface area (TPSA) is 58.4 Å². The highest BCUT2D eigenvalue weighted by molar-refractivity contribution is 9.10. The maximum atomic E-state index is 11.8. The fraction of sp³-hybridized carbons (Fsp3) is 0. The van der Waals surface area contributed by atoms with Crippen molar-refractivity contribution in [3.63, 3.8) is 0 Å². The van der Waals surface area contributed by atoms with E-state index in [9.17, 15) is 4.79 Å². The number of hydrogen-bond acceptors (Lipinski definition) is 2. The Labute approximate surface area is 158 Å². The molecule has 5 nitrogen and oxygen atoms in total. The third kappa shape index (κ3) is 4.71. The first-order chi connectivity index (χ1) is 12.1. The fourth-order valence-electron chi connectivity index (χ4n) is 2.21. The molecule has 0 saturated carbocycles. The van der Waals surface area contributed by atoms with Crippen molar-refractivity contribution in [2.75, 3.05) is 5.32 Å². The van der Waals surface area contributed by atoms with Gasteiger partial charge in [-0.2, -0.15) is 5.10 Å². The van der Waals surface area contributed by atoms with Crippen LogP contribution in [0.2, 0.25) is 5.02 Å². The molecule has 2 amide bonds. The average molecular weight is 418 g/mol. The van der Waals surface area contributed by atoms with Gasteiger partial charge in [0.05, 0.1) is 11.9 Å². The number of carbonyl (C=O) groups excluding carboxylic acids is 1. The summed E-state index contributed by atoms with van der Waals surface area (Å²) in [7, 11) is 0. The van der Waals surface area contributed by atoms with E-state index in [0.29, 0.717) is 10.7 Å². The monoisotopic (exact) mass is 416 g/mol. The highest BCUT2D eigenvalue weighted by Gasteiger charge is 2.03. The van der Waals surface area contributed by atoms with Gasteiger partial charge in [-0.25, -0.2) is 10.2 Å². The Balaban J connectivity index is 1.64. The number of hydrazone groups is 1. The largest absolute Gasteiger partial charge is 0.339 e. The first-order valence-electron chi connectivity index (χ1n) is 7.41. The van der Waals surface area contributed by atoms with Crippen molar-refractivity contribution in [3.8, 4) is 5.69 Å². The molecule has 2 N–H and O–H groups in total. The molecule has 0 aliphatic rings. The van der Waals surface area contributed by atoms with Crippen molar-refractivity contribution >= 4 is 45.5 Å². The van der Waals surface area contributed by atoms with Gasteiger partial charge in [-0.05, 0) is 54.6 Å². The maximum Gasteiger partial charge on any atom is 0.339 e. The van der Waals surface area contributed by atoms with Crippen LogP contribution in [0.15, 0.2) is 76.4 Å². The summed E-state index contributed by atoms with van der Waals surface area (Å²) < 4.78 is 2.95. The lowest BCUT2D eigenvalue weighted by atomic mass is 10.3. The van der Waals surface area contributed by atoms with Gasteiger partial charge in [0.1, 0.15) is 0 Å². The Bertz CT molecular complexity index is 905. The zero-order chi connectivity index (χ0) is 17.6. The second kappa shape index (κ2) is 8.00. The van der Waals surface area contributed by atoms with E-state index < -0.39 is 6.03 Å². The molecule has 0 radical (unpaired) electrons. The Morgan fingerprint density at radius 2 is 1.92 bits per heavy atom. The summed E-state index contributed by atoms with van der Waals surface area (Å²) in [5, 5.41) is 7.27. The number of aromatic nitrogens is 1. The Kier molecular flexibility index (Phi) is 5.53. The van der Waals surface area contributed by atoms with Crippen molar-refractivity contribution < 1.29 is 4.79 Å². The van der Waals surface area contributed by atoms with Crippen LogP contribution in [0.1, 0.15) is 5.69 Å². The van der Waals surface area contributed by atoms with Crippen molar-refractivity contribution in [1.29, 1.82) is 0 Å². The van der Waals surface area contributed by atoms with Crippen LogP contribution < -0.4 is 10.7 Å². The highest BCUT2D eigenvalue weighted by Crippen LogP contribution is 2.17. The molecule has 126 valence electrons. The summed E-state index contributed by atoms with van der Waals surface area (Å²) in [5.74, 6) is 0. The molecular weight excluding hydrogens is 404 g/mol. The van der Waals surface area contributed by atoms with Gasteiger partial charge in [0.2, 0.25) is 0 Å². The zero-order valence-corrected chi connectivity index (χ0v) is 15.3. The summed E-state index contributed by atoms with van der Waals surface area (Å²) in [5.41, 5.74) is 4.90. The van der Waals surface area contributed by atoms with Gasteiger partial charge in [-0.3, -0.25) is 0 Å². The predicted octanol–water partition coefficient (Wildman–Crippen LogP) is 5.05. The van der Waals surface area contributed by atoms with Crippen molar-refractivity contribution in [2.24, 2.45) is 5.10 Å². The number of nitrogens with one attached hydrogen (secondary N) is 2. The van der Waals surface area contributed by atoms with Crippen LogP contribution >= 0.6 is 27.5 Å². The van der Waals surface area contributed by atoms with Crippen LogP contribution in [0.4, 0.5) is 10.5 Å². The second-order valence-corrected chi connectivity index (χ2v) is 6.47. The third-order valence-corrected chi connectivity index (χ3v) is 4.08. The lowest BCUT2D eigenvalue weighted by Gasteiger charge is -2.07. The highest BCUT2D eigenvalue weighted by atomic mass is 79.9. The molecule has 3 aromatic rings. The molecule has 7 heteroatoms. The van der Waals surface area contributed by atoms with Crippen LogP contribution in [0.5, 0.6) is 0 Å². The summed E-state index contributed by atoms with van der Waals surface area (Å²) in [6, 6.07) is 18.1. The lowest BCUT2D eigenvalue weighted by molar-refractivity contribution is 0.252. The molecule has 0 spiro atoms. The first kappa shape index (κ1) is 17.3. The van der Waals surface area contributed by atoms with E-state index in [0.717, 1.165) is 15.9 Å². The second-order valence-electron chi connectivity index (χ2n) is 5.11. The molecular formula is C18H14BrClN4O. The van der Waals surface area contributed by atoms with Gasteiger partial charge in [0.25, 0.3) is 0 Å². The predicted molar refractivity (Wildman–Crippen MR) is 105 cm³/mol. The van der Waals surface area contributed by atoms with Gasteiger partial charge in [0, 0.05) is 27.1 Å². The Morgan fingerprint density at radius 1 is 1.12 bits per heavy atom. The van der Waals surface area contributed by atoms with Crippen LogP contribution in [-0.2, 0) is 0 Å². The smallest absolute Gasteiger partial charge is 0.316 e. The van der Waals surface area contributed by atoms with Gasteiger partial charge < -0.3 is 9.88 Å². The zero-order valence-electron chi connectivity index (χ0n) is 13.0. The lowest BCUT2D eigenvalue weighted by Crippen LogP contribution is -2.24. The minimum Gasteiger partial charge on any atom is -0.316 e. The molecule has 3 rings (SSSR count). The molecule has 2 aromatic carbocycles. The number of halogens is 2.